The highest BCUT2D eigenvalue weighted by atomic mass is 19.4. The number of pyridine rings is 1. The quantitative estimate of drug-likeness (QED) is 0.758. The minimum Gasteiger partial charge on any atom is -0.444 e. The van der Waals surface area contributed by atoms with Crippen LogP contribution in [0.15, 0.2) is 12.3 Å². The number of carbonyl (C=O) groups is 1. The first-order valence-electron chi connectivity index (χ1n) is 8.35. The van der Waals surface area contributed by atoms with E-state index < -0.39 is 35.1 Å². The first-order chi connectivity index (χ1) is 11.8. The van der Waals surface area contributed by atoms with Gasteiger partial charge in [-0.05, 0) is 33.8 Å². The maximum absolute atomic E-state index is 13.0. The number of piperazine rings is 1. The van der Waals surface area contributed by atoms with Crippen LogP contribution in [0.3, 0.4) is 0 Å². The topological polar surface area (TPSA) is 65.9 Å². The normalized spacial score (nSPS) is 25.8. The van der Waals surface area contributed by atoms with E-state index in [0.29, 0.717) is 18.9 Å². The van der Waals surface area contributed by atoms with Crippen LogP contribution in [0.4, 0.5) is 23.8 Å². The molecule has 1 aromatic heterocycles. The fourth-order valence-corrected chi connectivity index (χ4v) is 3.40. The van der Waals surface area contributed by atoms with Crippen LogP contribution in [0.2, 0.25) is 0 Å². The molecule has 0 aromatic carbocycles. The molecule has 1 amide bonds. The van der Waals surface area contributed by atoms with Crippen molar-refractivity contribution in [3.8, 4) is 0 Å². The molecule has 1 fully saturated rings. The molecule has 3 rings (SSSR count). The van der Waals surface area contributed by atoms with E-state index in [1.165, 1.54) is 11.8 Å². The molecular weight excluding hydrogens is 351 g/mol. The Balaban J connectivity index is 1.88. The highest BCUT2D eigenvalue weighted by Crippen LogP contribution is 2.45. The van der Waals surface area contributed by atoms with E-state index in [2.05, 4.69) is 4.98 Å². The molecule has 2 aliphatic heterocycles. The number of aliphatic hydroxyl groups is 1. The summed E-state index contributed by atoms with van der Waals surface area (Å²) in [5.41, 5.74) is -2.99. The predicted octanol–water partition coefficient (Wildman–Crippen LogP) is 2.75. The summed E-state index contributed by atoms with van der Waals surface area (Å²) in [6.45, 7) is 7.55. The fourth-order valence-electron chi connectivity index (χ4n) is 3.40. The molecule has 2 unspecified atom stereocenters. The molecule has 0 spiro atoms. The van der Waals surface area contributed by atoms with Crippen LogP contribution in [0, 0.1) is 0 Å². The third-order valence-electron chi connectivity index (χ3n) is 4.69. The number of rotatable bonds is 0. The summed E-state index contributed by atoms with van der Waals surface area (Å²) in [7, 11) is 0. The van der Waals surface area contributed by atoms with Gasteiger partial charge in [0.2, 0.25) is 0 Å². The van der Waals surface area contributed by atoms with E-state index in [1.54, 1.807) is 25.7 Å². The second kappa shape index (κ2) is 5.73. The zero-order valence-corrected chi connectivity index (χ0v) is 15.1. The number of fused-ring (bicyclic) bond motifs is 3. The van der Waals surface area contributed by atoms with E-state index in [9.17, 15) is 23.1 Å². The van der Waals surface area contributed by atoms with Crippen molar-refractivity contribution >= 4 is 11.9 Å². The number of hydrogen-bond donors (Lipinski definition) is 1. The average Bonchev–Trinajstić information content (AvgIpc) is 2.72. The Morgan fingerprint density at radius 1 is 1.35 bits per heavy atom. The van der Waals surface area contributed by atoms with Crippen LogP contribution in [-0.2, 0) is 16.5 Å². The van der Waals surface area contributed by atoms with Crippen molar-refractivity contribution in [2.24, 2.45) is 0 Å². The van der Waals surface area contributed by atoms with Crippen molar-refractivity contribution in [1.82, 2.24) is 9.88 Å². The van der Waals surface area contributed by atoms with Gasteiger partial charge in [-0.3, -0.25) is 0 Å². The number of alkyl halides is 3. The van der Waals surface area contributed by atoms with Crippen LogP contribution in [0.25, 0.3) is 0 Å². The van der Waals surface area contributed by atoms with Crippen molar-refractivity contribution in [3.05, 3.63) is 23.4 Å². The second-order valence-corrected chi connectivity index (χ2v) is 7.88. The van der Waals surface area contributed by atoms with Gasteiger partial charge in [0.05, 0.1) is 11.6 Å². The van der Waals surface area contributed by atoms with E-state index in [4.69, 9.17) is 4.74 Å². The number of amides is 1. The van der Waals surface area contributed by atoms with Crippen LogP contribution in [0.1, 0.15) is 38.8 Å². The van der Waals surface area contributed by atoms with Crippen molar-refractivity contribution in [3.63, 3.8) is 0 Å². The molecule has 1 N–H and O–H groups in total. The van der Waals surface area contributed by atoms with Gasteiger partial charge >= 0.3 is 12.3 Å². The Labute approximate surface area is 149 Å². The van der Waals surface area contributed by atoms with Crippen molar-refractivity contribution < 1.29 is 27.8 Å². The summed E-state index contributed by atoms with van der Waals surface area (Å²) in [6, 6.07) is 0.355. The molecule has 0 bridgehead atoms. The Morgan fingerprint density at radius 2 is 2.00 bits per heavy atom. The molecule has 2 aliphatic rings. The van der Waals surface area contributed by atoms with E-state index in [0.717, 1.165) is 12.3 Å². The summed E-state index contributed by atoms with van der Waals surface area (Å²) < 4.78 is 44.4. The number of nitrogens with zero attached hydrogens (tertiary/aromatic N) is 3. The Kier molecular flexibility index (Phi) is 4.14. The first-order valence-corrected chi connectivity index (χ1v) is 8.35. The van der Waals surface area contributed by atoms with Gasteiger partial charge in [-0.2, -0.15) is 13.2 Å². The maximum atomic E-state index is 13.0. The van der Waals surface area contributed by atoms with E-state index in [1.807, 2.05) is 0 Å². The summed E-state index contributed by atoms with van der Waals surface area (Å²) >= 11 is 0. The molecule has 1 aromatic rings. The Morgan fingerprint density at radius 3 is 2.58 bits per heavy atom. The number of aromatic nitrogens is 1. The molecule has 0 saturated carbocycles. The molecule has 9 heteroatoms. The molecule has 1 saturated heterocycles. The highest BCUT2D eigenvalue weighted by molar-refractivity contribution is 5.70. The van der Waals surface area contributed by atoms with Crippen LogP contribution >= 0.6 is 0 Å². The first kappa shape index (κ1) is 18.8. The van der Waals surface area contributed by atoms with Crippen molar-refractivity contribution in [2.45, 2.75) is 51.1 Å². The van der Waals surface area contributed by atoms with Crippen LogP contribution in [0.5, 0.6) is 0 Å². The summed E-state index contributed by atoms with van der Waals surface area (Å²) in [5.74, 6) is 0.330. The van der Waals surface area contributed by atoms with Gasteiger partial charge < -0.3 is 19.6 Å². The lowest BCUT2D eigenvalue weighted by molar-refractivity contribution is -0.138. The Hall–Kier alpha value is -2.03. The molecule has 0 radical (unpaired) electrons. The van der Waals surface area contributed by atoms with Crippen LogP contribution in [-0.4, -0.2) is 52.4 Å². The Bertz CT molecular complexity index is 728. The maximum Gasteiger partial charge on any atom is 0.417 e. The molecule has 26 heavy (non-hydrogen) atoms. The number of carbonyl (C=O) groups excluding carboxylic acids is 1. The van der Waals surface area contributed by atoms with Gasteiger partial charge in [-0.25, -0.2) is 9.78 Å². The summed E-state index contributed by atoms with van der Waals surface area (Å²) in [5, 5.41) is 10.9. The highest BCUT2D eigenvalue weighted by Gasteiger charge is 2.51. The average molecular weight is 373 g/mol. The van der Waals surface area contributed by atoms with E-state index in [-0.39, 0.29) is 12.1 Å². The standard InChI is InChI=1S/C17H22F3N3O3/c1-15(2,3)26-14(24)22-5-6-23-12(9-22)16(4,25)11-7-10(17(18,19)20)8-21-13(11)23/h7-8,12,25H,5-6,9H2,1-4H3. The lowest BCUT2D eigenvalue weighted by atomic mass is 9.90. The van der Waals surface area contributed by atoms with Gasteiger partial charge in [-0.1, -0.05) is 0 Å². The SMILES string of the molecule is CC(C)(C)OC(=O)N1CCN2c3ncc(C(F)(F)F)cc3C(C)(O)C2C1. The van der Waals surface area contributed by atoms with Gasteiger partial charge in [0.1, 0.15) is 17.0 Å². The largest absolute Gasteiger partial charge is 0.444 e. The summed E-state index contributed by atoms with van der Waals surface area (Å²) in [6.07, 6.45) is -4.27. The predicted molar refractivity (Wildman–Crippen MR) is 87.8 cm³/mol. The monoisotopic (exact) mass is 373 g/mol. The third-order valence-corrected chi connectivity index (χ3v) is 4.69. The number of hydrogen-bond acceptors (Lipinski definition) is 5. The zero-order chi connectivity index (χ0) is 19.5. The van der Waals surface area contributed by atoms with Gasteiger partial charge in [0.15, 0.2) is 0 Å². The molecule has 144 valence electrons. The summed E-state index contributed by atoms with van der Waals surface area (Å²) in [4.78, 5) is 19.5. The van der Waals surface area contributed by atoms with Gasteiger partial charge in [0.25, 0.3) is 0 Å². The smallest absolute Gasteiger partial charge is 0.417 e. The molecule has 2 atom stereocenters. The van der Waals surface area contributed by atoms with Crippen LogP contribution < -0.4 is 4.90 Å². The number of anilines is 1. The second-order valence-electron chi connectivity index (χ2n) is 7.88. The van der Waals surface area contributed by atoms with Crippen molar-refractivity contribution in [1.29, 1.82) is 0 Å². The fraction of sp³-hybridized carbons (Fsp3) is 0.647. The molecular formula is C17H22F3N3O3. The lowest BCUT2D eigenvalue weighted by Gasteiger charge is -2.42. The van der Waals surface area contributed by atoms with Crippen molar-refractivity contribution in [2.75, 3.05) is 24.5 Å². The molecule has 6 nitrogen and oxygen atoms in total. The molecule has 3 heterocycles. The number of ether oxygens (including phenoxy) is 1. The minimum atomic E-state index is -4.54. The van der Waals surface area contributed by atoms with Gasteiger partial charge in [0, 0.05) is 31.4 Å². The lowest BCUT2D eigenvalue weighted by Crippen LogP contribution is -2.59. The molecule has 0 aliphatic carbocycles. The van der Waals surface area contributed by atoms with E-state index >= 15 is 0 Å². The zero-order valence-electron chi connectivity index (χ0n) is 15.1. The van der Waals surface area contributed by atoms with Gasteiger partial charge in [-0.15, -0.1) is 0 Å². The third kappa shape index (κ3) is 3.20. The number of halogens is 3. The minimum absolute atomic E-state index is 0.128.